The number of rotatable bonds is 8. The minimum Gasteiger partial charge on any atom is -0.310 e. The molecule has 0 aliphatic heterocycles. The Hall–Kier alpha value is -7.98. The maximum Gasteiger partial charge on any atom is 0.0634 e. The van der Waals surface area contributed by atoms with Crippen LogP contribution >= 0.6 is 11.3 Å². The Bertz CT molecular complexity index is 3500. The smallest absolute Gasteiger partial charge is 0.0634 e. The van der Waals surface area contributed by atoms with E-state index in [2.05, 4.69) is 252 Å². The summed E-state index contributed by atoms with van der Waals surface area (Å²) in [4.78, 5) is 2.39. The van der Waals surface area contributed by atoms with Gasteiger partial charge in [0.1, 0.15) is 0 Å². The molecule has 10 aromatic carbocycles. The van der Waals surface area contributed by atoms with Crippen LogP contribution in [0.1, 0.15) is 0 Å². The number of benzene rings is 10. The Labute approximate surface area is 370 Å². The van der Waals surface area contributed by atoms with Crippen LogP contribution in [0.2, 0.25) is 0 Å². The monoisotopic (exact) mass is 820 g/mol. The number of thiophene rings is 1. The largest absolute Gasteiger partial charge is 0.310 e. The third-order valence-corrected chi connectivity index (χ3v) is 13.6. The fourth-order valence-electron chi connectivity index (χ4n) is 9.40. The summed E-state index contributed by atoms with van der Waals surface area (Å²) in [6.45, 7) is 0. The van der Waals surface area contributed by atoms with E-state index in [1.165, 1.54) is 86.5 Å². The van der Waals surface area contributed by atoms with Gasteiger partial charge in [0, 0.05) is 59.3 Å². The molecule has 12 aromatic rings. The van der Waals surface area contributed by atoms with Crippen LogP contribution < -0.4 is 4.90 Å². The lowest BCUT2D eigenvalue weighted by molar-refractivity contribution is 1.19. The average molecular weight is 821 g/mol. The van der Waals surface area contributed by atoms with Gasteiger partial charge in [-0.1, -0.05) is 176 Å². The number of hydrogen-bond donors (Lipinski definition) is 0. The molecule has 2 nitrogen and oxygen atoms in total. The third kappa shape index (κ3) is 6.50. The average Bonchev–Trinajstić information content (AvgIpc) is 3.91. The summed E-state index contributed by atoms with van der Waals surface area (Å²) in [5, 5.41) is 5.06. The highest BCUT2D eigenvalue weighted by Crippen LogP contribution is 2.48. The van der Waals surface area contributed by atoms with Gasteiger partial charge in [-0.2, -0.15) is 0 Å². The number of anilines is 3. The molecular formula is C60H40N2S. The van der Waals surface area contributed by atoms with Gasteiger partial charge in [0.2, 0.25) is 0 Å². The number of nitrogens with zero attached hydrogens (tertiary/aromatic N) is 2. The Kier molecular flexibility index (Phi) is 9.06. The van der Waals surface area contributed by atoms with Gasteiger partial charge in [0.25, 0.3) is 0 Å². The van der Waals surface area contributed by atoms with Gasteiger partial charge in [-0.3, -0.25) is 0 Å². The maximum atomic E-state index is 2.50. The minimum atomic E-state index is 1.10. The number of aromatic nitrogens is 1. The number of hydrogen-bond acceptors (Lipinski definition) is 2. The van der Waals surface area contributed by atoms with Crippen LogP contribution in [-0.2, 0) is 0 Å². The Morgan fingerprint density at radius 2 is 0.841 bits per heavy atom. The van der Waals surface area contributed by atoms with Crippen molar-refractivity contribution in [2.75, 3.05) is 4.90 Å². The van der Waals surface area contributed by atoms with Crippen molar-refractivity contribution in [2.45, 2.75) is 0 Å². The standard InChI is InChI=1S/C60H40N2S/c1-4-16-41(17-5-1)44-30-34-48(35-31-44)61(49-36-32-45(33-37-49)42-18-6-2-7-19-42)50-24-15-23-47(39-50)54-40-55-52-26-10-12-28-56(52)62(51-25-14-22-46(38-51)43-20-8-3-9-21-43)59(55)58-53-27-11-13-29-57(53)63-60(54)58/h1-40H. The quantitative estimate of drug-likeness (QED) is 0.148. The SMILES string of the molecule is c1ccc(-c2ccc(N(c3ccc(-c4ccccc4)cc3)c3cccc(-c4cc5c6ccccc6n(-c6cccc(-c7ccccc7)c6)c5c5c4sc4ccccc45)c3)cc2)cc1. The molecule has 0 aliphatic carbocycles. The van der Waals surface area contributed by atoms with E-state index in [0.29, 0.717) is 0 Å². The normalized spacial score (nSPS) is 11.5. The van der Waals surface area contributed by atoms with Crippen molar-refractivity contribution in [1.82, 2.24) is 4.57 Å². The van der Waals surface area contributed by atoms with Crippen molar-refractivity contribution in [3.8, 4) is 50.2 Å². The molecule has 2 aromatic heterocycles. The van der Waals surface area contributed by atoms with Gasteiger partial charge in [0.15, 0.2) is 0 Å². The summed E-state index contributed by atoms with van der Waals surface area (Å²) < 4.78 is 5.07. The summed E-state index contributed by atoms with van der Waals surface area (Å²) in [7, 11) is 0. The van der Waals surface area contributed by atoms with Crippen LogP contribution in [0.5, 0.6) is 0 Å². The zero-order valence-electron chi connectivity index (χ0n) is 34.4. The molecule has 0 saturated carbocycles. The van der Waals surface area contributed by atoms with Gasteiger partial charge in [-0.25, -0.2) is 0 Å². The summed E-state index contributed by atoms with van der Waals surface area (Å²) in [5.74, 6) is 0. The maximum absolute atomic E-state index is 2.50. The van der Waals surface area contributed by atoms with E-state index in [1.54, 1.807) is 0 Å². The van der Waals surface area contributed by atoms with Crippen LogP contribution in [0.15, 0.2) is 243 Å². The van der Waals surface area contributed by atoms with Crippen molar-refractivity contribution in [1.29, 1.82) is 0 Å². The molecular weight excluding hydrogens is 781 g/mol. The fraction of sp³-hybridized carbons (Fsp3) is 0. The summed E-state index contributed by atoms with van der Waals surface area (Å²) >= 11 is 1.89. The second kappa shape index (κ2) is 15.5. The molecule has 296 valence electrons. The molecule has 0 aliphatic rings. The number of fused-ring (bicyclic) bond motifs is 7. The van der Waals surface area contributed by atoms with Crippen LogP contribution in [0.3, 0.4) is 0 Å². The first-order chi connectivity index (χ1) is 31.2. The number of para-hydroxylation sites is 1. The molecule has 63 heavy (non-hydrogen) atoms. The van der Waals surface area contributed by atoms with E-state index in [0.717, 1.165) is 22.7 Å². The lowest BCUT2D eigenvalue weighted by atomic mass is 9.98. The molecule has 0 radical (unpaired) electrons. The van der Waals surface area contributed by atoms with E-state index in [4.69, 9.17) is 0 Å². The van der Waals surface area contributed by atoms with Crippen molar-refractivity contribution >= 4 is 70.4 Å². The van der Waals surface area contributed by atoms with Crippen LogP contribution in [0, 0.1) is 0 Å². The van der Waals surface area contributed by atoms with Crippen molar-refractivity contribution in [2.24, 2.45) is 0 Å². The predicted molar refractivity (Wildman–Crippen MR) is 270 cm³/mol. The Balaban J connectivity index is 1.06. The molecule has 2 heterocycles. The van der Waals surface area contributed by atoms with E-state index >= 15 is 0 Å². The zero-order chi connectivity index (χ0) is 41.7. The molecule has 0 saturated heterocycles. The lowest BCUT2D eigenvalue weighted by Gasteiger charge is -2.26. The third-order valence-electron chi connectivity index (χ3n) is 12.4. The highest BCUT2D eigenvalue weighted by atomic mass is 32.1. The Morgan fingerprint density at radius 3 is 1.49 bits per heavy atom. The summed E-state index contributed by atoms with van der Waals surface area (Å²) in [6, 6.07) is 88.2. The molecule has 0 atom stereocenters. The molecule has 12 rings (SSSR count). The van der Waals surface area contributed by atoms with E-state index < -0.39 is 0 Å². The highest BCUT2D eigenvalue weighted by Gasteiger charge is 2.23. The topological polar surface area (TPSA) is 8.17 Å². The van der Waals surface area contributed by atoms with Crippen LogP contribution in [0.4, 0.5) is 17.1 Å². The van der Waals surface area contributed by atoms with E-state index in [-0.39, 0.29) is 0 Å². The summed E-state index contributed by atoms with van der Waals surface area (Å²) in [6.07, 6.45) is 0. The summed E-state index contributed by atoms with van der Waals surface area (Å²) in [5.41, 5.74) is 16.5. The van der Waals surface area contributed by atoms with Gasteiger partial charge in [-0.15, -0.1) is 11.3 Å². The molecule has 0 N–H and O–H groups in total. The highest BCUT2D eigenvalue weighted by molar-refractivity contribution is 7.26. The second-order valence-corrected chi connectivity index (χ2v) is 17.2. The van der Waals surface area contributed by atoms with Gasteiger partial charge in [0.05, 0.1) is 11.0 Å². The molecule has 0 bridgehead atoms. The van der Waals surface area contributed by atoms with E-state index in [9.17, 15) is 0 Å². The molecule has 0 fully saturated rings. The van der Waals surface area contributed by atoms with Crippen molar-refractivity contribution in [3.05, 3.63) is 243 Å². The zero-order valence-corrected chi connectivity index (χ0v) is 35.2. The molecule has 0 amide bonds. The molecule has 0 unspecified atom stereocenters. The first-order valence-corrected chi connectivity index (χ1v) is 22.3. The van der Waals surface area contributed by atoms with Gasteiger partial charge in [-0.05, 0) is 106 Å². The van der Waals surface area contributed by atoms with Crippen LogP contribution in [-0.4, -0.2) is 4.57 Å². The molecule has 0 spiro atoms. The second-order valence-electron chi connectivity index (χ2n) is 16.1. The van der Waals surface area contributed by atoms with Crippen molar-refractivity contribution < 1.29 is 0 Å². The minimum absolute atomic E-state index is 1.10. The van der Waals surface area contributed by atoms with Gasteiger partial charge < -0.3 is 9.47 Å². The first-order valence-electron chi connectivity index (χ1n) is 21.5. The first kappa shape index (κ1) is 36.8. The van der Waals surface area contributed by atoms with Crippen LogP contribution in [0.25, 0.3) is 92.2 Å². The fourth-order valence-corrected chi connectivity index (χ4v) is 10.6. The van der Waals surface area contributed by atoms with E-state index in [1.807, 2.05) is 11.3 Å². The lowest BCUT2D eigenvalue weighted by Crippen LogP contribution is -2.10. The molecule has 3 heteroatoms. The Morgan fingerprint density at radius 1 is 0.333 bits per heavy atom. The van der Waals surface area contributed by atoms with Gasteiger partial charge >= 0.3 is 0 Å². The van der Waals surface area contributed by atoms with Crippen molar-refractivity contribution in [3.63, 3.8) is 0 Å². The predicted octanol–water partition coefficient (Wildman–Crippen LogP) is 17.3.